The molecular formula is C43H60O12. The van der Waals surface area contributed by atoms with Crippen molar-refractivity contribution in [2.75, 3.05) is 21.3 Å². The number of aliphatic hydroxyl groups is 2. The van der Waals surface area contributed by atoms with Crippen molar-refractivity contribution in [3.63, 3.8) is 0 Å². The molecule has 55 heavy (non-hydrogen) atoms. The first-order valence-electron chi connectivity index (χ1n) is 20.1. The van der Waals surface area contributed by atoms with E-state index in [0.29, 0.717) is 38.5 Å². The highest BCUT2D eigenvalue weighted by Gasteiger charge is 2.70. The van der Waals surface area contributed by atoms with Crippen molar-refractivity contribution in [3.8, 4) is 0 Å². The highest BCUT2D eigenvalue weighted by Crippen LogP contribution is 2.66. The number of Topliss-reactive ketones (excluding diaryl/α,β-unsaturated/α-hetero) is 2. The largest absolute Gasteiger partial charge is 0.469 e. The lowest BCUT2D eigenvalue weighted by Gasteiger charge is -2.62. The summed E-state index contributed by atoms with van der Waals surface area (Å²) in [4.78, 5) is 81.4. The maximum atomic E-state index is 14.4. The maximum absolute atomic E-state index is 14.4. The molecule has 6 rings (SSSR count). The molecular weight excluding hydrogens is 708 g/mol. The van der Waals surface area contributed by atoms with Crippen LogP contribution in [0.25, 0.3) is 0 Å². The van der Waals surface area contributed by atoms with E-state index in [4.69, 9.17) is 18.9 Å². The lowest BCUT2D eigenvalue weighted by Crippen LogP contribution is -2.68. The van der Waals surface area contributed by atoms with Crippen LogP contribution >= 0.6 is 0 Å². The van der Waals surface area contributed by atoms with Crippen LogP contribution in [0.4, 0.5) is 0 Å². The number of ether oxygens (including phenoxy) is 4. The summed E-state index contributed by atoms with van der Waals surface area (Å²) < 4.78 is 21.5. The molecule has 0 aliphatic heterocycles. The monoisotopic (exact) mass is 768 g/mol. The molecule has 0 radical (unpaired) electrons. The molecule has 15 unspecified atom stereocenters. The average Bonchev–Trinajstić information content (AvgIpc) is 3.14. The molecule has 0 aromatic rings. The molecule has 0 amide bonds. The van der Waals surface area contributed by atoms with E-state index in [1.807, 2.05) is 20.8 Å². The fraction of sp³-hybridized carbons (Fsp3) is 0.767. The van der Waals surface area contributed by atoms with Crippen molar-refractivity contribution in [1.82, 2.24) is 0 Å². The normalized spacial score (nSPS) is 46.7. The number of esters is 4. The zero-order valence-electron chi connectivity index (χ0n) is 33.8. The summed E-state index contributed by atoms with van der Waals surface area (Å²) >= 11 is 0. The molecule has 6 saturated carbocycles. The third-order valence-electron chi connectivity index (χ3n) is 16.2. The van der Waals surface area contributed by atoms with Gasteiger partial charge in [-0.3, -0.25) is 19.2 Å². The topological polar surface area (TPSA) is 180 Å². The van der Waals surface area contributed by atoms with E-state index in [-0.39, 0.29) is 35.9 Å². The number of fused-ring (bicyclic) bond motifs is 6. The molecule has 0 spiro atoms. The highest BCUT2D eigenvalue weighted by molar-refractivity contribution is 5.95. The smallest absolute Gasteiger partial charge is 0.331 e. The fourth-order valence-electron chi connectivity index (χ4n) is 13.6. The lowest BCUT2D eigenvalue weighted by atomic mass is 9.41. The standard InChI is InChI=1S/C43H60O12/c1-21-23(19-28(44)52-7)11-14-26-31(21)33(47)35(49)37-41(26,4)18-15-27(43(37,6)39(51)54-9)55-29(45)20-24-12-13-25-30(22(24)2)32(46)34(48)36-40(25,3)16-10-17-42(36,5)38(50)53-8/h19-22,25-27,30-33,36-37,46-47H,10-18H2,1-9H3. The number of carbonyl (C=O) groups excluding carboxylic acids is 6. The van der Waals surface area contributed by atoms with Gasteiger partial charge in [0.05, 0.1) is 26.7 Å². The van der Waals surface area contributed by atoms with Gasteiger partial charge in [-0.1, -0.05) is 45.3 Å². The number of hydrogen-bond donors (Lipinski definition) is 2. The minimum atomic E-state index is -1.60. The predicted molar refractivity (Wildman–Crippen MR) is 197 cm³/mol. The molecule has 12 nitrogen and oxygen atoms in total. The van der Waals surface area contributed by atoms with Gasteiger partial charge in [0, 0.05) is 35.8 Å². The van der Waals surface area contributed by atoms with Crippen LogP contribution in [0, 0.1) is 69.0 Å². The van der Waals surface area contributed by atoms with Gasteiger partial charge in [0.1, 0.15) is 23.7 Å². The second-order valence-corrected chi connectivity index (χ2v) is 18.6. The van der Waals surface area contributed by atoms with Crippen LogP contribution in [0.5, 0.6) is 0 Å². The van der Waals surface area contributed by atoms with Crippen molar-refractivity contribution in [3.05, 3.63) is 23.3 Å². The summed E-state index contributed by atoms with van der Waals surface area (Å²) in [5.74, 6) is -6.63. The third-order valence-corrected chi connectivity index (χ3v) is 16.2. The Kier molecular flexibility index (Phi) is 10.9. The van der Waals surface area contributed by atoms with Gasteiger partial charge in [-0.25, -0.2) is 9.59 Å². The molecule has 304 valence electrons. The minimum Gasteiger partial charge on any atom is -0.469 e. The van der Waals surface area contributed by atoms with Crippen LogP contribution in [0.15, 0.2) is 23.3 Å². The zero-order valence-corrected chi connectivity index (χ0v) is 33.8. The summed E-state index contributed by atoms with van der Waals surface area (Å²) in [6.07, 6.45) is 4.16. The fourth-order valence-corrected chi connectivity index (χ4v) is 13.6. The van der Waals surface area contributed by atoms with Gasteiger partial charge in [-0.2, -0.15) is 0 Å². The Bertz CT molecular complexity index is 1700. The van der Waals surface area contributed by atoms with Crippen molar-refractivity contribution in [2.45, 2.75) is 118 Å². The summed E-state index contributed by atoms with van der Waals surface area (Å²) in [5, 5.41) is 23.3. The van der Waals surface area contributed by atoms with E-state index in [1.165, 1.54) is 33.5 Å². The SMILES string of the molecule is COC(=O)C=C1CCC2C(C1C)C(O)C(=O)C1C2(C)CCC(OC(=O)C=C2CCC3C(C2C)C(O)C(=O)C2C(C)(C(=O)OC)CCCC32C)C1(C)C(=O)OC. The molecule has 15 atom stereocenters. The summed E-state index contributed by atoms with van der Waals surface area (Å²) in [7, 11) is 3.87. The second kappa shape index (κ2) is 14.5. The Morgan fingerprint density at radius 1 is 0.655 bits per heavy atom. The molecule has 0 aromatic heterocycles. The number of methoxy groups -OCH3 is 3. The Hall–Kier alpha value is -3.38. The Balaban J connectivity index is 1.26. The van der Waals surface area contributed by atoms with Crippen LogP contribution in [0.3, 0.4) is 0 Å². The van der Waals surface area contributed by atoms with Crippen molar-refractivity contribution in [1.29, 1.82) is 0 Å². The molecule has 0 aromatic carbocycles. The molecule has 2 N–H and O–H groups in total. The van der Waals surface area contributed by atoms with Crippen LogP contribution < -0.4 is 0 Å². The molecule has 6 fully saturated rings. The van der Waals surface area contributed by atoms with E-state index in [0.717, 1.165) is 24.0 Å². The third kappa shape index (κ3) is 6.05. The molecule has 0 saturated heterocycles. The van der Waals surface area contributed by atoms with Gasteiger partial charge >= 0.3 is 23.9 Å². The van der Waals surface area contributed by atoms with Gasteiger partial charge in [0.25, 0.3) is 0 Å². The molecule has 6 aliphatic carbocycles. The molecule has 6 aliphatic rings. The van der Waals surface area contributed by atoms with Gasteiger partial charge in [0.2, 0.25) is 0 Å². The number of ketones is 2. The van der Waals surface area contributed by atoms with E-state index in [2.05, 4.69) is 6.92 Å². The van der Waals surface area contributed by atoms with Crippen molar-refractivity contribution < 1.29 is 57.9 Å². The zero-order chi connectivity index (χ0) is 40.6. The van der Waals surface area contributed by atoms with Crippen LogP contribution in [0.1, 0.15) is 99.3 Å². The van der Waals surface area contributed by atoms with Crippen molar-refractivity contribution in [2.24, 2.45) is 69.0 Å². The molecule has 0 bridgehead atoms. The van der Waals surface area contributed by atoms with Crippen LogP contribution in [-0.4, -0.2) is 85.3 Å². The van der Waals surface area contributed by atoms with Gasteiger partial charge in [-0.15, -0.1) is 0 Å². The first-order chi connectivity index (χ1) is 25.8. The van der Waals surface area contributed by atoms with E-state index >= 15 is 0 Å². The molecule has 0 heterocycles. The Labute approximate surface area is 324 Å². The first kappa shape index (κ1) is 41.3. The van der Waals surface area contributed by atoms with Gasteiger partial charge in [0.15, 0.2) is 11.6 Å². The number of aliphatic hydroxyl groups excluding tert-OH is 2. The summed E-state index contributed by atoms with van der Waals surface area (Å²) in [6.45, 7) is 11.3. The second-order valence-electron chi connectivity index (χ2n) is 18.6. The number of carbonyl (C=O) groups is 6. The minimum absolute atomic E-state index is 0.0709. The number of hydrogen-bond acceptors (Lipinski definition) is 12. The average molecular weight is 769 g/mol. The Morgan fingerprint density at radius 2 is 1.15 bits per heavy atom. The highest BCUT2D eigenvalue weighted by atomic mass is 16.6. The van der Waals surface area contributed by atoms with Gasteiger partial charge < -0.3 is 29.2 Å². The van der Waals surface area contributed by atoms with E-state index in [9.17, 15) is 39.0 Å². The van der Waals surface area contributed by atoms with E-state index < -0.39 is 93.3 Å². The summed E-state index contributed by atoms with van der Waals surface area (Å²) in [6, 6.07) is 0. The van der Waals surface area contributed by atoms with Crippen molar-refractivity contribution >= 4 is 35.4 Å². The number of rotatable bonds is 5. The summed E-state index contributed by atoms with van der Waals surface area (Å²) in [5.41, 5.74) is -2.36. The maximum Gasteiger partial charge on any atom is 0.331 e. The number of allylic oxidation sites excluding steroid dienone is 2. The van der Waals surface area contributed by atoms with E-state index in [1.54, 1.807) is 13.8 Å². The Morgan fingerprint density at radius 3 is 1.65 bits per heavy atom. The molecule has 12 heteroatoms. The predicted octanol–water partition coefficient (Wildman–Crippen LogP) is 4.72. The van der Waals surface area contributed by atoms with Gasteiger partial charge in [-0.05, 0) is 99.7 Å². The first-order valence-corrected chi connectivity index (χ1v) is 20.1. The quantitative estimate of drug-likeness (QED) is 0.224. The van der Waals surface area contributed by atoms with Crippen LogP contribution in [0.2, 0.25) is 0 Å². The van der Waals surface area contributed by atoms with Crippen LogP contribution in [-0.2, 0) is 47.7 Å². The lowest BCUT2D eigenvalue weighted by molar-refractivity contribution is -0.214.